The molecule has 2 aliphatic heterocycles. The first-order valence-corrected chi connectivity index (χ1v) is 11.0. The van der Waals surface area contributed by atoms with Gasteiger partial charge >= 0.3 is 0 Å². The van der Waals surface area contributed by atoms with Crippen molar-refractivity contribution < 1.29 is 17.9 Å². The van der Waals surface area contributed by atoms with Crippen LogP contribution < -0.4 is 9.44 Å². The van der Waals surface area contributed by atoms with Gasteiger partial charge in [-0.15, -0.1) is 0 Å². The first-order chi connectivity index (χ1) is 13.3. The number of benzene rings is 2. The molecule has 6 nitrogen and oxygen atoms in total. The summed E-state index contributed by atoms with van der Waals surface area (Å²) < 4.78 is 43.4. The first kappa shape index (κ1) is 19.5. The minimum absolute atomic E-state index is 0.395. The number of hydrogen-bond acceptors (Lipinski definition) is 4. The van der Waals surface area contributed by atoms with Crippen molar-refractivity contribution in [3.05, 3.63) is 71.8 Å². The van der Waals surface area contributed by atoms with Gasteiger partial charge in [0.1, 0.15) is 12.2 Å². The Bertz CT molecular complexity index is 835. The summed E-state index contributed by atoms with van der Waals surface area (Å²) in [4.78, 5) is 0. The molecule has 2 fully saturated rings. The zero-order valence-corrected chi connectivity index (χ0v) is 16.9. The van der Waals surface area contributed by atoms with Crippen LogP contribution in [0, 0.1) is 0 Å². The van der Waals surface area contributed by atoms with Crippen molar-refractivity contribution in [2.75, 3.05) is 0 Å². The summed E-state index contributed by atoms with van der Waals surface area (Å²) in [6.45, 7) is 3.74. The predicted octanol–water partition coefficient (Wildman–Crippen LogP) is 2.17. The molecule has 0 unspecified atom stereocenters. The zero-order chi connectivity index (χ0) is 19.8. The topological polar surface area (TPSA) is 76.7 Å². The van der Waals surface area contributed by atoms with E-state index in [1.807, 2.05) is 74.5 Å². The van der Waals surface area contributed by atoms with Crippen molar-refractivity contribution >= 4 is 10.2 Å². The van der Waals surface area contributed by atoms with E-state index in [1.54, 1.807) is 0 Å². The second-order valence-corrected chi connectivity index (χ2v) is 9.37. The lowest BCUT2D eigenvalue weighted by molar-refractivity contribution is -0.150. The van der Waals surface area contributed by atoms with Crippen LogP contribution in [0.1, 0.15) is 25.0 Å². The van der Waals surface area contributed by atoms with Crippen LogP contribution >= 0.6 is 0 Å². The van der Waals surface area contributed by atoms with Gasteiger partial charge in [0.15, 0.2) is 5.79 Å². The largest absolute Gasteiger partial charge is 0.343 e. The van der Waals surface area contributed by atoms with Crippen molar-refractivity contribution in [1.29, 1.82) is 0 Å². The van der Waals surface area contributed by atoms with Gasteiger partial charge in [-0.25, -0.2) is 0 Å². The molecular weight excluding hydrogens is 376 g/mol. The van der Waals surface area contributed by atoms with Crippen molar-refractivity contribution in [3.8, 4) is 0 Å². The monoisotopic (exact) mass is 402 g/mol. The Morgan fingerprint density at radius 1 is 0.786 bits per heavy atom. The van der Waals surface area contributed by atoms with Gasteiger partial charge in [-0.05, 0) is 37.8 Å². The number of fused-ring (bicyclic) bond motifs is 1. The summed E-state index contributed by atoms with van der Waals surface area (Å²) in [5, 5.41) is 0. The summed E-state index contributed by atoms with van der Waals surface area (Å²) in [5.74, 6) is -0.774. The van der Waals surface area contributed by atoms with Gasteiger partial charge in [0.2, 0.25) is 0 Å². The standard InChI is InChI=1S/C21H26N2O4S/c1-21(2)26-19-17(13-15-9-5-3-6-10-15)22-28(24,25)23-18(20(19)27-21)14-16-11-7-4-8-12-16/h3-12,17-20,22-23H,13-14H2,1-2H3/t17-,18-,19+,20+/m1/s1. The molecule has 2 aromatic rings. The SMILES string of the molecule is CC1(C)O[C@@H]2[C@@H](O1)[C@@H](Cc1ccccc1)NS(=O)(=O)N[C@@H]2Cc1ccccc1. The van der Waals surface area contributed by atoms with Crippen LogP contribution in [0.4, 0.5) is 0 Å². The Labute approximate surface area is 166 Å². The van der Waals surface area contributed by atoms with Gasteiger partial charge in [-0.3, -0.25) is 0 Å². The van der Waals surface area contributed by atoms with E-state index in [4.69, 9.17) is 9.47 Å². The summed E-state index contributed by atoms with van der Waals surface area (Å²) in [5.41, 5.74) is 2.09. The fourth-order valence-corrected chi connectivity index (χ4v) is 5.36. The molecule has 150 valence electrons. The Balaban J connectivity index is 1.65. The molecule has 0 amide bonds. The van der Waals surface area contributed by atoms with Crippen LogP contribution in [0.2, 0.25) is 0 Å². The lowest BCUT2D eigenvalue weighted by Gasteiger charge is -2.26. The first-order valence-electron chi connectivity index (χ1n) is 9.54. The fourth-order valence-electron chi connectivity index (χ4n) is 4.06. The normalized spacial score (nSPS) is 31.1. The molecule has 0 radical (unpaired) electrons. The summed E-state index contributed by atoms with van der Waals surface area (Å²) in [6.07, 6.45) is 0.267. The van der Waals surface area contributed by atoms with Crippen LogP contribution in [-0.2, 0) is 32.5 Å². The molecule has 2 saturated heterocycles. The van der Waals surface area contributed by atoms with E-state index in [0.717, 1.165) is 11.1 Å². The van der Waals surface area contributed by atoms with Crippen LogP contribution in [0.5, 0.6) is 0 Å². The minimum Gasteiger partial charge on any atom is -0.343 e. The quantitative estimate of drug-likeness (QED) is 0.822. The Hall–Kier alpha value is -1.77. The van der Waals surface area contributed by atoms with E-state index in [9.17, 15) is 8.42 Å². The molecular formula is C21H26N2O4S. The molecule has 2 aliphatic rings. The number of nitrogens with one attached hydrogen (secondary N) is 2. The molecule has 2 N–H and O–H groups in total. The molecule has 4 rings (SSSR count). The number of ether oxygens (including phenoxy) is 2. The summed E-state index contributed by atoms with van der Waals surface area (Å²) in [6, 6.07) is 18.8. The third-order valence-electron chi connectivity index (χ3n) is 5.17. The number of hydrogen-bond donors (Lipinski definition) is 2. The second kappa shape index (κ2) is 7.57. The number of rotatable bonds is 4. The molecule has 0 bridgehead atoms. The van der Waals surface area contributed by atoms with Crippen LogP contribution in [0.3, 0.4) is 0 Å². The zero-order valence-electron chi connectivity index (χ0n) is 16.0. The van der Waals surface area contributed by atoms with Gasteiger partial charge in [-0.1, -0.05) is 60.7 Å². The highest BCUT2D eigenvalue weighted by Gasteiger charge is 2.51. The molecule has 4 atom stereocenters. The Kier molecular flexibility index (Phi) is 5.28. The minimum atomic E-state index is -3.70. The predicted molar refractivity (Wildman–Crippen MR) is 107 cm³/mol. The smallest absolute Gasteiger partial charge is 0.277 e. The molecule has 28 heavy (non-hydrogen) atoms. The molecule has 0 saturated carbocycles. The molecule has 0 spiro atoms. The fraction of sp³-hybridized carbons (Fsp3) is 0.429. The maximum atomic E-state index is 12.7. The highest BCUT2D eigenvalue weighted by atomic mass is 32.2. The molecule has 2 aromatic carbocycles. The van der Waals surface area contributed by atoms with Crippen molar-refractivity contribution in [3.63, 3.8) is 0 Å². The van der Waals surface area contributed by atoms with E-state index in [-0.39, 0.29) is 0 Å². The van der Waals surface area contributed by atoms with Crippen molar-refractivity contribution in [2.45, 2.75) is 56.8 Å². The maximum Gasteiger partial charge on any atom is 0.277 e. The van der Waals surface area contributed by atoms with Crippen LogP contribution in [-0.4, -0.2) is 38.5 Å². The van der Waals surface area contributed by atoms with Crippen molar-refractivity contribution in [1.82, 2.24) is 9.44 Å². The highest BCUT2D eigenvalue weighted by Crippen LogP contribution is 2.35. The average Bonchev–Trinajstić information content (AvgIpc) is 2.93. The maximum absolute atomic E-state index is 12.7. The van der Waals surface area contributed by atoms with Gasteiger partial charge in [0, 0.05) is 0 Å². The Morgan fingerprint density at radius 2 is 1.18 bits per heavy atom. The van der Waals surface area contributed by atoms with Gasteiger partial charge in [0.25, 0.3) is 10.2 Å². The highest BCUT2D eigenvalue weighted by molar-refractivity contribution is 7.87. The van der Waals surface area contributed by atoms with E-state index in [2.05, 4.69) is 9.44 Å². The third-order valence-corrected chi connectivity index (χ3v) is 6.39. The molecule has 0 aromatic heterocycles. The summed E-state index contributed by atoms with van der Waals surface area (Å²) in [7, 11) is -3.70. The molecule has 2 heterocycles. The van der Waals surface area contributed by atoms with Crippen LogP contribution in [0.15, 0.2) is 60.7 Å². The van der Waals surface area contributed by atoms with Gasteiger partial charge < -0.3 is 9.47 Å². The molecule has 0 aliphatic carbocycles. The molecule has 7 heteroatoms. The van der Waals surface area contributed by atoms with Crippen molar-refractivity contribution in [2.24, 2.45) is 0 Å². The van der Waals surface area contributed by atoms with E-state index in [0.29, 0.717) is 12.8 Å². The second-order valence-electron chi connectivity index (χ2n) is 7.90. The van der Waals surface area contributed by atoms with Gasteiger partial charge in [0.05, 0.1) is 12.1 Å². The van der Waals surface area contributed by atoms with E-state index < -0.39 is 40.3 Å². The van der Waals surface area contributed by atoms with E-state index >= 15 is 0 Å². The average molecular weight is 403 g/mol. The third kappa shape index (κ3) is 4.45. The van der Waals surface area contributed by atoms with Gasteiger partial charge in [-0.2, -0.15) is 17.9 Å². The van der Waals surface area contributed by atoms with Crippen LogP contribution in [0.25, 0.3) is 0 Å². The summed E-state index contributed by atoms with van der Waals surface area (Å²) >= 11 is 0. The van der Waals surface area contributed by atoms with E-state index in [1.165, 1.54) is 0 Å². The Morgan fingerprint density at radius 3 is 1.57 bits per heavy atom. The lowest BCUT2D eigenvalue weighted by atomic mass is 9.92. The lowest BCUT2D eigenvalue weighted by Crippen LogP contribution is -2.47.